The van der Waals surface area contributed by atoms with Gasteiger partial charge in [-0.15, -0.1) is 0 Å². The number of rotatable bonds is 8. The molecule has 0 atom stereocenters. The molecule has 4 aromatic rings. The smallest absolute Gasteiger partial charge is 0.293 e. The zero-order valence-corrected chi connectivity index (χ0v) is 22.5. The monoisotopic (exact) mass is 543 g/mol. The Morgan fingerprint density at radius 2 is 1.93 bits per heavy atom. The molecule has 0 unspecified atom stereocenters. The van der Waals surface area contributed by atoms with Gasteiger partial charge in [-0.3, -0.25) is 14.3 Å². The molecule has 11 nitrogen and oxygen atoms in total. The summed E-state index contributed by atoms with van der Waals surface area (Å²) in [6.07, 6.45) is 9.88. The third-order valence-electron chi connectivity index (χ3n) is 7.81. The van der Waals surface area contributed by atoms with E-state index in [1.807, 2.05) is 24.3 Å². The molecule has 0 radical (unpaired) electrons. The lowest BCUT2D eigenvalue weighted by Gasteiger charge is -2.31. The summed E-state index contributed by atoms with van der Waals surface area (Å²) >= 11 is 0. The fraction of sp³-hybridized carbons (Fsp3) is 0.379. The summed E-state index contributed by atoms with van der Waals surface area (Å²) in [5.74, 6) is 0.0509. The molecule has 0 spiro atoms. The van der Waals surface area contributed by atoms with Crippen LogP contribution in [0.5, 0.6) is 0 Å². The minimum absolute atomic E-state index is 0.0663. The van der Waals surface area contributed by atoms with Crippen molar-refractivity contribution in [2.75, 3.05) is 23.4 Å². The number of aryl methyl sites for hydroxylation is 3. The maximum absolute atomic E-state index is 13.7. The second-order valence-electron chi connectivity index (χ2n) is 10.4. The van der Waals surface area contributed by atoms with Crippen molar-refractivity contribution in [3.63, 3.8) is 0 Å². The lowest BCUT2D eigenvalue weighted by atomic mass is 9.98. The maximum atomic E-state index is 13.7. The van der Waals surface area contributed by atoms with Gasteiger partial charge in [-0.1, -0.05) is 12.1 Å². The van der Waals surface area contributed by atoms with Crippen molar-refractivity contribution < 1.29 is 15.0 Å². The van der Waals surface area contributed by atoms with Crippen LogP contribution in [0.2, 0.25) is 0 Å². The van der Waals surface area contributed by atoms with Gasteiger partial charge >= 0.3 is 0 Å². The molecule has 0 bridgehead atoms. The zero-order chi connectivity index (χ0) is 27.8. The summed E-state index contributed by atoms with van der Waals surface area (Å²) in [6.45, 7) is 1.55. The number of aromatic nitrogens is 5. The summed E-state index contributed by atoms with van der Waals surface area (Å²) in [5.41, 5.74) is 5.92. The molecule has 1 aromatic carbocycles. The molecule has 40 heavy (non-hydrogen) atoms. The number of benzene rings is 1. The number of anilines is 3. The van der Waals surface area contributed by atoms with E-state index in [0.29, 0.717) is 59.9 Å². The summed E-state index contributed by atoms with van der Waals surface area (Å²) in [7, 11) is 1.65. The van der Waals surface area contributed by atoms with Crippen LogP contribution in [0.15, 0.2) is 47.7 Å². The molecule has 1 aliphatic heterocycles. The van der Waals surface area contributed by atoms with Crippen LogP contribution in [0.25, 0.3) is 11.3 Å². The van der Waals surface area contributed by atoms with Crippen molar-refractivity contribution in [2.45, 2.75) is 51.8 Å². The molecule has 0 saturated carbocycles. The Bertz CT molecular complexity index is 1630. The van der Waals surface area contributed by atoms with E-state index >= 15 is 0 Å². The highest BCUT2D eigenvalue weighted by atomic mass is 16.3. The molecule has 3 aromatic heterocycles. The molecule has 11 heteroatoms. The van der Waals surface area contributed by atoms with Crippen LogP contribution >= 0.6 is 0 Å². The standard InChI is InChI=1S/C29H33N7O4/c1-33-17-23(32-27(29(33)40)31-20-15-30-34(16-20)10-5-13-37)21-7-4-9-25(22(21)18-38)36-12-11-35-24-8-3-2-6-19(24)14-26(35)28(36)39/h4,7,9,14-17,37-38H,2-3,5-6,8,10-13,18H2,1H3,(H,31,32). The van der Waals surface area contributed by atoms with E-state index in [0.717, 1.165) is 25.7 Å². The van der Waals surface area contributed by atoms with Crippen molar-refractivity contribution in [1.29, 1.82) is 0 Å². The van der Waals surface area contributed by atoms with Crippen molar-refractivity contribution in [3.05, 3.63) is 75.7 Å². The van der Waals surface area contributed by atoms with Crippen LogP contribution in [-0.4, -0.2) is 53.2 Å². The summed E-state index contributed by atoms with van der Waals surface area (Å²) in [5, 5.41) is 26.9. The predicted octanol–water partition coefficient (Wildman–Crippen LogP) is 2.60. The van der Waals surface area contributed by atoms with Gasteiger partial charge in [-0.05, 0) is 49.8 Å². The van der Waals surface area contributed by atoms with Crippen LogP contribution in [-0.2, 0) is 39.6 Å². The normalized spacial score (nSPS) is 14.8. The van der Waals surface area contributed by atoms with Crippen molar-refractivity contribution in [3.8, 4) is 11.3 Å². The topological polar surface area (TPSA) is 130 Å². The molecular formula is C29H33N7O4. The molecule has 4 heterocycles. The molecule has 6 rings (SSSR count). The minimum Gasteiger partial charge on any atom is -0.396 e. The first-order valence-electron chi connectivity index (χ1n) is 13.7. The van der Waals surface area contributed by atoms with E-state index in [1.165, 1.54) is 15.8 Å². The molecule has 1 amide bonds. The van der Waals surface area contributed by atoms with Crippen LogP contribution in [0, 0.1) is 0 Å². The third-order valence-corrected chi connectivity index (χ3v) is 7.81. The second kappa shape index (κ2) is 10.7. The third kappa shape index (κ3) is 4.61. The van der Waals surface area contributed by atoms with Gasteiger partial charge in [-0.2, -0.15) is 5.10 Å². The number of hydrogen-bond acceptors (Lipinski definition) is 7. The summed E-state index contributed by atoms with van der Waals surface area (Å²) in [4.78, 5) is 33.0. The largest absolute Gasteiger partial charge is 0.396 e. The Labute approximate surface area is 231 Å². The number of amides is 1. The molecule has 0 fully saturated rings. The first-order chi connectivity index (χ1) is 19.5. The highest BCUT2D eigenvalue weighted by Crippen LogP contribution is 2.35. The van der Waals surface area contributed by atoms with Gasteiger partial charge in [0.2, 0.25) is 0 Å². The fourth-order valence-corrected chi connectivity index (χ4v) is 5.84. The fourth-order valence-electron chi connectivity index (χ4n) is 5.84. The first-order valence-corrected chi connectivity index (χ1v) is 13.7. The maximum Gasteiger partial charge on any atom is 0.293 e. The van der Waals surface area contributed by atoms with Gasteiger partial charge in [0.15, 0.2) is 5.82 Å². The van der Waals surface area contributed by atoms with Gasteiger partial charge < -0.3 is 29.6 Å². The van der Waals surface area contributed by atoms with Gasteiger partial charge in [0.1, 0.15) is 5.69 Å². The lowest BCUT2D eigenvalue weighted by molar-refractivity contribution is 0.0964. The summed E-state index contributed by atoms with van der Waals surface area (Å²) < 4.78 is 5.30. The van der Waals surface area contributed by atoms with Crippen LogP contribution in [0.1, 0.15) is 46.6 Å². The van der Waals surface area contributed by atoms with E-state index in [9.17, 15) is 14.7 Å². The zero-order valence-electron chi connectivity index (χ0n) is 22.5. The quantitative estimate of drug-likeness (QED) is 0.311. The number of nitrogens with one attached hydrogen (secondary N) is 1. The van der Waals surface area contributed by atoms with Crippen molar-refractivity contribution in [1.82, 2.24) is 23.9 Å². The first kappa shape index (κ1) is 26.0. The molecule has 1 aliphatic carbocycles. The average Bonchev–Trinajstić information content (AvgIpc) is 3.58. The number of aliphatic hydroxyl groups excluding tert-OH is 2. The molecule has 0 saturated heterocycles. The van der Waals surface area contributed by atoms with E-state index in [1.54, 1.807) is 35.2 Å². The van der Waals surface area contributed by atoms with Crippen LogP contribution < -0.4 is 15.8 Å². The number of fused-ring (bicyclic) bond motifs is 3. The van der Waals surface area contributed by atoms with E-state index in [4.69, 9.17) is 5.11 Å². The van der Waals surface area contributed by atoms with Crippen molar-refractivity contribution >= 4 is 23.1 Å². The Hall–Kier alpha value is -4.22. The number of aliphatic hydroxyl groups is 2. The van der Waals surface area contributed by atoms with Crippen LogP contribution in [0.4, 0.5) is 17.2 Å². The predicted molar refractivity (Wildman–Crippen MR) is 151 cm³/mol. The van der Waals surface area contributed by atoms with Crippen molar-refractivity contribution in [2.24, 2.45) is 7.05 Å². The van der Waals surface area contributed by atoms with Gasteiger partial charge in [0.05, 0.1) is 29.9 Å². The Morgan fingerprint density at radius 3 is 2.75 bits per heavy atom. The minimum atomic E-state index is -0.315. The number of carbonyl (C=O) groups is 1. The van der Waals surface area contributed by atoms with Gasteiger partial charge in [-0.25, -0.2) is 4.98 Å². The summed E-state index contributed by atoms with van der Waals surface area (Å²) in [6, 6.07) is 7.59. The number of hydrogen-bond donors (Lipinski definition) is 3. The Balaban J connectivity index is 1.34. The highest BCUT2D eigenvalue weighted by molar-refractivity contribution is 6.07. The van der Waals surface area contributed by atoms with Crippen LogP contribution in [0.3, 0.4) is 0 Å². The van der Waals surface area contributed by atoms with Gasteiger partial charge in [0, 0.05) is 62.5 Å². The average molecular weight is 544 g/mol. The number of carbonyl (C=O) groups excluding carboxylic acids is 1. The Morgan fingerprint density at radius 1 is 1.07 bits per heavy atom. The molecule has 208 valence electrons. The van der Waals surface area contributed by atoms with Gasteiger partial charge in [0.25, 0.3) is 11.5 Å². The Kier molecular flexibility index (Phi) is 6.99. The van der Waals surface area contributed by atoms with E-state index in [2.05, 4.69) is 20.0 Å². The molecule has 3 N–H and O–H groups in total. The highest BCUT2D eigenvalue weighted by Gasteiger charge is 2.31. The number of nitrogens with zero attached hydrogens (tertiary/aromatic N) is 6. The lowest BCUT2D eigenvalue weighted by Crippen LogP contribution is -2.41. The molecular weight excluding hydrogens is 510 g/mol. The molecule has 2 aliphatic rings. The SMILES string of the molecule is Cn1cc(-c2cccc(N3CCn4c(cc5c4CCCC5)C3=O)c2CO)nc(Nc2cnn(CCCO)c2)c1=O. The van der Waals surface area contributed by atoms with E-state index < -0.39 is 0 Å². The second-order valence-corrected chi connectivity index (χ2v) is 10.4. The van der Waals surface area contributed by atoms with E-state index in [-0.39, 0.29) is 30.5 Å².